The van der Waals surface area contributed by atoms with Crippen LogP contribution in [0.5, 0.6) is 5.75 Å². The molecule has 13 heavy (non-hydrogen) atoms. The summed E-state index contributed by atoms with van der Waals surface area (Å²) >= 11 is 3.29. The molecule has 3 nitrogen and oxygen atoms in total. The lowest BCUT2D eigenvalue weighted by molar-refractivity contribution is 0.365. The van der Waals surface area contributed by atoms with Gasteiger partial charge in [0.05, 0.1) is 13.2 Å². The van der Waals surface area contributed by atoms with Crippen molar-refractivity contribution in [1.82, 2.24) is 0 Å². The Labute approximate surface area is 84.9 Å². The molecule has 0 aliphatic carbocycles. The maximum atomic E-state index is 9.31. The third kappa shape index (κ3) is 2.04. The van der Waals surface area contributed by atoms with Crippen LogP contribution < -0.4 is 5.46 Å². The average molecular weight is 243 g/mol. The molecule has 1 fully saturated rings. The van der Waals surface area contributed by atoms with E-state index in [1.807, 2.05) is 6.07 Å². The minimum atomic E-state index is -0.330. The highest BCUT2D eigenvalue weighted by Gasteiger charge is 2.26. The second-order valence-electron chi connectivity index (χ2n) is 2.82. The molecule has 2 rings (SSSR count). The molecule has 1 N–H and O–H groups in total. The minimum Gasteiger partial charge on any atom is -0.508 e. The molecule has 1 aromatic carbocycles. The van der Waals surface area contributed by atoms with Gasteiger partial charge in [-0.2, -0.15) is 0 Å². The zero-order valence-electron chi connectivity index (χ0n) is 6.87. The molecule has 1 heterocycles. The van der Waals surface area contributed by atoms with Crippen LogP contribution in [0.25, 0.3) is 0 Å². The molecule has 5 heteroatoms. The van der Waals surface area contributed by atoms with Gasteiger partial charge in [-0.1, -0.05) is 15.9 Å². The standard InChI is InChI=1S/C8H8BBrO3/c10-7-3-6(4-8(11)5-7)9-12-1-2-13-9/h3-5,11H,1-2H2. The fraction of sp³-hybridized carbons (Fsp3) is 0.250. The van der Waals surface area contributed by atoms with Crippen molar-refractivity contribution in [3.05, 3.63) is 22.7 Å². The summed E-state index contributed by atoms with van der Waals surface area (Å²) in [4.78, 5) is 0. The van der Waals surface area contributed by atoms with Crippen molar-refractivity contribution >= 4 is 28.5 Å². The summed E-state index contributed by atoms with van der Waals surface area (Å²) in [6.07, 6.45) is 0. The van der Waals surface area contributed by atoms with E-state index in [-0.39, 0.29) is 12.9 Å². The molecular formula is C8H8BBrO3. The van der Waals surface area contributed by atoms with Gasteiger partial charge in [0, 0.05) is 4.47 Å². The van der Waals surface area contributed by atoms with E-state index in [9.17, 15) is 5.11 Å². The first-order valence-electron chi connectivity index (χ1n) is 3.98. The summed E-state index contributed by atoms with van der Waals surface area (Å²) in [7, 11) is -0.330. The Bertz CT molecular complexity index is 292. The number of halogens is 1. The molecule has 0 atom stereocenters. The Hall–Kier alpha value is -0.515. The molecule has 68 valence electrons. The van der Waals surface area contributed by atoms with Gasteiger partial charge in [0.15, 0.2) is 0 Å². The van der Waals surface area contributed by atoms with E-state index in [2.05, 4.69) is 15.9 Å². The van der Waals surface area contributed by atoms with E-state index in [0.29, 0.717) is 13.2 Å². The lowest BCUT2D eigenvalue weighted by Gasteiger charge is -2.05. The second-order valence-corrected chi connectivity index (χ2v) is 3.73. The number of hydrogen-bond donors (Lipinski definition) is 1. The number of aromatic hydroxyl groups is 1. The molecule has 0 aromatic heterocycles. The number of hydrogen-bond acceptors (Lipinski definition) is 3. The Balaban J connectivity index is 2.28. The van der Waals surface area contributed by atoms with Crippen molar-refractivity contribution in [1.29, 1.82) is 0 Å². The monoisotopic (exact) mass is 242 g/mol. The van der Waals surface area contributed by atoms with E-state index in [4.69, 9.17) is 9.31 Å². The molecule has 0 bridgehead atoms. The first-order chi connectivity index (χ1) is 6.25. The minimum absolute atomic E-state index is 0.212. The highest BCUT2D eigenvalue weighted by molar-refractivity contribution is 9.10. The molecule has 0 spiro atoms. The first-order valence-corrected chi connectivity index (χ1v) is 4.78. The van der Waals surface area contributed by atoms with E-state index in [0.717, 1.165) is 9.94 Å². The van der Waals surface area contributed by atoms with Gasteiger partial charge in [0.1, 0.15) is 5.75 Å². The number of phenolic OH excluding ortho intramolecular Hbond substituents is 1. The van der Waals surface area contributed by atoms with E-state index in [1.54, 1.807) is 12.1 Å². The van der Waals surface area contributed by atoms with Crippen LogP contribution in [0.2, 0.25) is 0 Å². The van der Waals surface area contributed by atoms with Crippen LogP contribution in [-0.2, 0) is 9.31 Å². The highest BCUT2D eigenvalue weighted by Crippen LogP contribution is 2.16. The maximum Gasteiger partial charge on any atom is 0.494 e. The van der Waals surface area contributed by atoms with Gasteiger partial charge in [-0.3, -0.25) is 0 Å². The van der Waals surface area contributed by atoms with Crippen LogP contribution >= 0.6 is 15.9 Å². The van der Waals surface area contributed by atoms with Gasteiger partial charge in [-0.25, -0.2) is 0 Å². The fourth-order valence-corrected chi connectivity index (χ4v) is 1.78. The van der Waals surface area contributed by atoms with Crippen LogP contribution in [0.4, 0.5) is 0 Å². The van der Waals surface area contributed by atoms with Gasteiger partial charge in [0.25, 0.3) is 0 Å². The normalized spacial score (nSPS) is 16.5. The Morgan fingerprint density at radius 1 is 1.23 bits per heavy atom. The Kier molecular flexibility index (Phi) is 2.57. The predicted octanol–water partition coefficient (Wildman–Crippen LogP) is 0.897. The lowest BCUT2D eigenvalue weighted by Crippen LogP contribution is -2.31. The summed E-state index contributed by atoms with van der Waals surface area (Å²) in [6, 6.07) is 5.13. The summed E-state index contributed by atoms with van der Waals surface area (Å²) in [5.41, 5.74) is 0.837. The van der Waals surface area contributed by atoms with Gasteiger partial charge < -0.3 is 14.4 Å². The van der Waals surface area contributed by atoms with Crippen molar-refractivity contribution in [2.75, 3.05) is 13.2 Å². The summed E-state index contributed by atoms with van der Waals surface area (Å²) in [5.74, 6) is 0.212. The van der Waals surface area contributed by atoms with Crippen LogP contribution in [0.1, 0.15) is 0 Å². The summed E-state index contributed by atoms with van der Waals surface area (Å²) < 4.78 is 11.4. The molecule has 0 radical (unpaired) electrons. The summed E-state index contributed by atoms with van der Waals surface area (Å²) in [6.45, 7) is 1.22. The van der Waals surface area contributed by atoms with Crippen LogP contribution in [0, 0.1) is 0 Å². The van der Waals surface area contributed by atoms with E-state index < -0.39 is 0 Å². The average Bonchev–Trinajstić information content (AvgIpc) is 2.53. The maximum absolute atomic E-state index is 9.31. The third-order valence-electron chi connectivity index (χ3n) is 1.80. The smallest absolute Gasteiger partial charge is 0.494 e. The van der Waals surface area contributed by atoms with Gasteiger partial charge >= 0.3 is 7.12 Å². The molecule has 1 aromatic rings. The molecule has 0 saturated carbocycles. The SMILES string of the molecule is Oc1cc(Br)cc(B2OCCO2)c1. The van der Waals surface area contributed by atoms with Crippen molar-refractivity contribution in [3.63, 3.8) is 0 Å². The van der Waals surface area contributed by atoms with Crippen molar-refractivity contribution < 1.29 is 14.4 Å². The van der Waals surface area contributed by atoms with Crippen LogP contribution in [0.15, 0.2) is 22.7 Å². The van der Waals surface area contributed by atoms with Gasteiger partial charge in [0.2, 0.25) is 0 Å². The number of benzene rings is 1. The van der Waals surface area contributed by atoms with Crippen LogP contribution in [0.3, 0.4) is 0 Å². The van der Waals surface area contributed by atoms with Gasteiger partial charge in [-0.05, 0) is 23.7 Å². The zero-order valence-corrected chi connectivity index (χ0v) is 8.45. The molecular weight excluding hydrogens is 235 g/mol. The van der Waals surface area contributed by atoms with Crippen molar-refractivity contribution in [2.45, 2.75) is 0 Å². The summed E-state index contributed by atoms with van der Waals surface area (Å²) in [5, 5.41) is 9.31. The molecule has 1 aliphatic rings. The third-order valence-corrected chi connectivity index (χ3v) is 2.26. The van der Waals surface area contributed by atoms with Crippen molar-refractivity contribution in [2.24, 2.45) is 0 Å². The first kappa shape index (κ1) is 9.06. The quantitative estimate of drug-likeness (QED) is 0.744. The molecule has 1 saturated heterocycles. The van der Waals surface area contributed by atoms with E-state index >= 15 is 0 Å². The van der Waals surface area contributed by atoms with Gasteiger partial charge in [-0.15, -0.1) is 0 Å². The van der Waals surface area contributed by atoms with E-state index in [1.165, 1.54) is 0 Å². The van der Waals surface area contributed by atoms with Crippen LogP contribution in [-0.4, -0.2) is 25.4 Å². The van der Waals surface area contributed by atoms with Crippen molar-refractivity contribution in [3.8, 4) is 5.75 Å². The zero-order chi connectivity index (χ0) is 9.26. The fourth-order valence-electron chi connectivity index (χ4n) is 1.28. The second kappa shape index (κ2) is 3.70. The molecule has 0 amide bonds. The largest absolute Gasteiger partial charge is 0.508 e. The topological polar surface area (TPSA) is 38.7 Å². The Morgan fingerprint density at radius 2 is 1.92 bits per heavy atom. The lowest BCUT2D eigenvalue weighted by atomic mass is 9.79. The molecule has 0 unspecified atom stereocenters. The molecule has 1 aliphatic heterocycles. The predicted molar refractivity (Wildman–Crippen MR) is 53.1 cm³/mol. The Morgan fingerprint density at radius 3 is 2.54 bits per heavy atom. The number of rotatable bonds is 1. The number of phenols is 1. The highest BCUT2D eigenvalue weighted by atomic mass is 79.9.